The molecule has 174 valence electrons. The summed E-state index contributed by atoms with van der Waals surface area (Å²) in [4.78, 5) is 6.85. The number of nitrogens with zero attached hydrogens (tertiary/aromatic N) is 4. The van der Waals surface area contributed by atoms with Crippen LogP contribution in [-0.2, 0) is 35.9 Å². The van der Waals surface area contributed by atoms with Gasteiger partial charge in [0.2, 0.25) is 10.0 Å². The van der Waals surface area contributed by atoms with Crippen LogP contribution in [0.5, 0.6) is 0 Å². The van der Waals surface area contributed by atoms with Crippen LogP contribution in [0.1, 0.15) is 49.1 Å². The van der Waals surface area contributed by atoms with Crippen LogP contribution in [0.15, 0.2) is 35.5 Å². The third kappa shape index (κ3) is 8.41. The lowest BCUT2D eigenvalue weighted by atomic mass is 10.1. The molecule has 1 aromatic carbocycles. The van der Waals surface area contributed by atoms with Crippen molar-refractivity contribution < 1.29 is 8.42 Å². The maximum absolute atomic E-state index is 11.7. The molecule has 0 unspecified atom stereocenters. The van der Waals surface area contributed by atoms with Gasteiger partial charge in [0.1, 0.15) is 0 Å². The summed E-state index contributed by atoms with van der Waals surface area (Å²) in [6, 6.07) is 7.51. The largest absolute Gasteiger partial charge is 0.357 e. The zero-order valence-electron chi connectivity index (χ0n) is 19.2. The Bertz CT molecular complexity index is 955. The SMILES string of the molecule is CCNC(=NCc1ccc(CS(=O)(=O)NC)cc1)N(C)Cc1cn(C)nc1C(C)C.I. The molecule has 0 aliphatic heterocycles. The molecule has 1 heterocycles. The molecule has 2 rings (SSSR count). The van der Waals surface area contributed by atoms with E-state index in [1.54, 1.807) is 0 Å². The van der Waals surface area contributed by atoms with E-state index in [0.717, 1.165) is 29.3 Å². The van der Waals surface area contributed by atoms with E-state index < -0.39 is 10.0 Å². The zero-order chi connectivity index (χ0) is 22.3. The minimum absolute atomic E-state index is 0. The Kier molecular flexibility index (Phi) is 10.9. The highest BCUT2D eigenvalue weighted by Crippen LogP contribution is 2.18. The quantitative estimate of drug-likeness (QED) is 0.279. The fourth-order valence-electron chi connectivity index (χ4n) is 3.16. The van der Waals surface area contributed by atoms with Gasteiger partial charge in [0, 0.05) is 38.9 Å². The number of nitrogens with one attached hydrogen (secondary N) is 2. The molecule has 0 atom stereocenters. The van der Waals surface area contributed by atoms with E-state index >= 15 is 0 Å². The van der Waals surface area contributed by atoms with Crippen LogP contribution in [0.25, 0.3) is 0 Å². The van der Waals surface area contributed by atoms with Crippen molar-refractivity contribution in [3.05, 3.63) is 52.8 Å². The summed E-state index contributed by atoms with van der Waals surface area (Å²) in [5.41, 5.74) is 4.07. The normalized spacial score (nSPS) is 12.0. The Morgan fingerprint density at radius 1 is 1.23 bits per heavy atom. The Morgan fingerprint density at radius 2 is 1.84 bits per heavy atom. The van der Waals surface area contributed by atoms with Gasteiger partial charge < -0.3 is 10.2 Å². The average molecular weight is 563 g/mol. The molecular weight excluding hydrogens is 527 g/mol. The lowest BCUT2D eigenvalue weighted by Gasteiger charge is -2.22. The molecule has 0 aliphatic carbocycles. The smallest absolute Gasteiger partial charge is 0.215 e. The number of aliphatic imine (C=N–C) groups is 1. The molecule has 0 fully saturated rings. The van der Waals surface area contributed by atoms with Gasteiger partial charge in [-0.15, -0.1) is 24.0 Å². The Hall–Kier alpha value is -1.66. The van der Waals surface area contributed by atoms with Gasteiger partial charge in [-0.25, -0.2) is 18.1 Å². The van der Waals surface area contributed by atoms with E-state index in [9.17, 15) is 8.42 Å². The highest BCUT2D eigenvalue weighted by Gasteiger charge is 2.15. The van der Waals surface area contributed by atoms with Crippen molar-refractivity contribution in [1.29, 1.82) is 0 Å². The summed E-state index contributed by atoms with van der Waals surface area (Å²) >= 11 is 0. The summed E-state index contributed by atoms with van der Waals surface area (Å²) in [6.45, 7) is 8.34. The first-order chi connectivity index (χ1) is 14.1. The van der Waals surface area contributed by atoms with E-state index in [-0.39, 0.29) is 29.7 Å². The molecule has 1 aromatic heterocycles. The second kappa shape index (κ2) is 12.4. The van der Waals surface area contributed by atoms with Crippen molar-refractivity contribution in [2.45, 2.75) is 45.5 Å². The van der Waals surface area contributed by atoms with Crippen LogP contribution < -0.4 is 10.0 Å². The number of sulfonamides is 1. The molecule has 0 saturated heterocycles. The Labute approximate surface area is 203 Å². The number of benzene rings is 1. The molecule has 0 radical (unpaired) electrons. The Balaban J connectivity index is 0.00000480. The van der Waals surface area contributed by atoms with Crippen molar-refractivity contribution in [3.63, 3.8) is 0 Å². The first-order valence-electron chi connectivity index (χ1n) is 10.2. The molecular formula is C21H35IN6O2S. The van der Waals surface area contributed by atoms with Gasteiger partial charge in [-0.2, -0.15) is 5.10 Å². The fourth-order valence-corrected chi connectivity index (χ4v) is 3.94. The molecule has 10 heteroatoms. The van der Waals surface area contributed by atoms with Gasteiger partial charge in [0.05, 0.1) is 18.0 Å². The van der Waals surface area contributed by atoms with E-state index in [0.29, 0.717) is 19.0 Å². The van der Waals surface area contributed by atoms with Crippen LogP contribution in [0.4, 0.5) is 0 Å². The second-order valence-electron chi connectivity index (χ2n) is 7.67. The van der Waals surface area contributed by atoms with Gasteiger partial charge >= 0.3 is 0 Å². The number of hydrogen-bond donors (Lipinski definition) is 2. The van der Waals surface area contributed by atoms with E-state index in [1.807, 2.05) is 50.0 Å². The summed E-state index contributed by atoms with van der Waals surface area (Å²) in [5.74, 6) is 1.15. The van der Waals surface area contributed by atoms with Crippen LogP contribution >= 0.6 is 24.0 Å². The maximum atomic E-state index is 11.7. The van der Waals surface area contributed by atoms with Crippen LogP contribution in [0.2, 0.25) is 0 Å². The van der Waals surface area contributed by atoms with Crippen molar-refractivity contribution >= 4 is 40.0 Å². The molecule has 8 nitrogen and oxygen atoms in total. The lowest BCUT2D eigenvalue weighted by Crippen LogP contribution is -2.38. The third-order valence-corrected chi connectivity index (χ3v) is 6.03. The molecule has 0 spiro atoms. The second-order valence-corrected chi connectivity index (χ2v) is 9.60. The van der Waals surface area contributed by atoms with Crippen molar-refractivity contribution in [2.24, 2.45) is 12.0 Å². The molecule has 0 amide bonds. The van der Waals surface area contributed by atoms with Crippen molar-refractivity contribution in [2.75, 3.05) is 20.6 Å². The monoisotopic (exact) mass is 562 g/mol. The van der Waals surface area contributed by atoms with Gasteiger partial charge in [-0.1, -0.05) is 38.1 Å². The predicted octanol–water partition coefficient (Wildman–Crippen LogP) is 2.81. The Morgan fingerprint density at radius 3 is 2.39 bits per heavy atom. The molecule has 0 saturated carbocycles. The maximum Gasteiger partial charge on any atom is 0.215 e. The van der Waals surface area contributed by atoms with Gasteiger partial charge in [-0.05, 0) is 31.0 Å². The minimum atomic E-state index is -3.27. The number of aryl methyl sites for hydroxylation is 1. The predicted molar refractivity (Wildman–Crippen MR) is 137 cm³/mol. The van der Waals surface area contributed by atoms with Gasteiger partial charge in [0.15, 0.2) is 5.96 Å². The summed E-state index contributed by atoms with van der Waals surface area (Å²) in [6.07, 6.45) is 2.06. The van der Waals surface area contributed by atoms with Crippen LogP contribution in [0.3, 0.4) is 0 Å². The average Bonchev–Trinajstić information content (AvgIpc) is 3.06. The van der Waals surface area contributed by atoms with E-state index in [4.69, 9.17) is 4.99 Å². The molecule has 2 aromatic rings. The first kappa shape index (κ1) is 27.4. The van der Waals surface area contributed by atoms with Crippen molar-refractivity contribution in [3.8, 4) is 0 Å². The molecule has 0 aliphatic rings. The van der Waals surface area contributed by atoms with Crippen LogP contribution in [-0.4, -0.2) is 49.7 Å². The van der Waals surface area contributed by atoms with E-state index in [1.165, 1.54) is 12.6 Å². The number of aromatic nitrogens is 2. The zero-order valence-corrected chi connectivity index (χ0v) is 22.4. The number of guanidine groups is 1. The first-order valence-corrected chi connectivity index (χ1v) is 11.8. The number of hydrogen-bond acceptors (Lipinski definition) is 4. The van der Waals surface area contributed by atoms with E-state index in [2.05, 4.69) is 40.1 Å². The fraction of sp³-hybridized carbons (Fsp3) is 0.524. The summed E-state index contributed by atoms with van der Waals surface area (Å²) in [5, 5.41) is 7.92. The summed E-state index contributed by atoms with van der Waals surface area (Å²) in [7, 11) is 2.12. The minimum Gasteiger partial charge on any atom is -0.357 e. The number of halogens is 1. The van der Waals surface area contributed by atoms with Gasteiger partial charge in [0.25, 0.3) is 0 Å². The highest BCUT2D eigenvalue weighted by molar-refractivity contribution is 14.0. The van der Waals surface area contributed by atoms with Gasteiger partial charge in [-0.3, -0.25) is 4.68 Å². The lowest BCUT2D eigenvalue weighted by molar-refractivity contribution is 0.473. The molecule has 2 N–H and O–H groups in total. The number of rotatable bonds is 9. The topological polar surface area (TPSA) is 91.6 Å². The third-order valence-electron chi connectivity index (χ3n) is 4.69. The standard InChI is InChI=1S/C21H34N6O2S.HI/c1-7-23-21(26(5)13-19-14-27(6)25-20(19)16(2)3)24-12-17-8-10-18(11-9-17)15-30(28,29)22-4;/h8-11,14,16,22H,7,12-13,15H2,1-6H3,(H,23,24);1H. The molecule has 31 heavy (non-hydrogen) atoms. The summed E-state index contributed by atoms with van der Waals surface area (Å²) < 4.78 is 27.6. The molecule has 0 bridgehead atoms. The van der Waals surface area contributed by atoms with Crippen LogP contribution in [0, 0.1) is 0 Å². The highest BCUT2D eigenvalue weighted by atomic mass is 127. The van der Waals surface area contributed by atoms with Crippen molar-refractivity contribution in [1.82, 2.24) is 24.7 Å².